The molecule has 4 rings (SSSR count). The SMILES string of the molecule is c1cnc2ccc(CC3CCNCC3)c(CC3CCNCC3)c2c1. The summed E-state index contributed by atoms with van der Waals surface area (Å²) in [4.78, 5) is 4.60. The van der Waals surface area contributed by atoms with E-state index in [0.29, 0.717) is 0 Å². The van der Waals surface area contributed by atoms with E-state index >= 15 is 0 Å². The zero-order valence-electron chi connectivity index (χ0n) is 14.6. The smallest absolute Gasteiger partial charge is 0.0704 e. The Morgan fingerprint density at radius 3 is 2.21 bits per heavy atom. The van der Waals surface area contributed by atoms with Crippen molar-refractivity contribution in [3.63, 3.8) is 0 Å². The molecule has 128 valence electrons. The van der Waals surface area contributed by atoms with Gasteiger partial charge in [-0.1, -0.05) is 12.1 Å². The van der Waals surface area contributed by atoms with Crippen molar-refractivity contribution in [1.82, 2.24) is 15.6 Å². The van der Waals surface area contributed by atoms with E-state index in [1.165, 1.54) is 70.1 Å². The standard InChI is InChI=1S/C21H29N3/c1-2-19-20(15-17-7-12-23-13-8-17)18(3-4-21(19)24-9-1)14-16-5-10-22-11-6-16/h1-4,9,16-17,22-23H,5-8,10-15H2. The largest absolute Gasteiger partial charge is 0.317 e. The van der Waals surface area contributed by atoms with Crippen LogP contribution in [-0.4, -0.2) is 31.2 Å². The van der Waals surface area contributed by atoms with Crippen molar-refractivity contribution in [2.45, 2.75) is 38.5 Å². The summed E-state index contributed by atoms with van der Waals surface area (Å²) in [7, 11) is 0. The molecule has 0 bridgehead atoms. The Bertz CT molecular complexity index is 670. The van der Waals surface area contributed by atoms with Gasteiger partial charge in [0, 0.05) is 11.6 Å². The van der Waals surface area contributed by atoms with Crippen LogP contribution in [0.3, 0.4) is 0 Å². The normalized spacial score (nSPS) is 20.5. The molecule has 2 aliphatic rings. The number of piperidine rings is 2. The minimum Gasteiger partial charge on any atom is -0.317 e. The van der Waals surface area contributed by atoms with Gasteiger partial charge in [0.05, 0.1) is 5.52 Å². The summed E-state index contributed by atoms with van der Waals surface area (Å²) in [6, 6.07) is 8.98. The predicted molar refractivity (Wildman–Crippen MR) is 100 cm³/mol. The summed E-state index contributed by atoms with van der Waals surface area (Å²) in [5, 5.41) is 8.38. The van der Waals surface area contributed by atoms with Gasteiger partial charge in [0.1, 0.15) is 0 Å². The molecule has 0 aliphatic carbocycles. The highest BCUT2D eigenvalue weighted by atomic mass is 14.9. The van der Waals surface area contributed by atoms with Crippen molar-refractivity contribution in [2.75, 3.05) is 26.2 Å². The van der Waals surface area contributed by atoms with Crippen LogP contribution in [0, 0.1) is 11.8 Å². The Morgan fingerprint density at radius 2 is 1.50 bits per heavy atom. The van der Waals surface area contributed by atoms with Gasteiger partial charge in [-0.05, 0) is 99.8 Å². The molecular weight excluding hydrogens is 294 g/mol. The quantitative estimate of drug-likeness (QED) is 0.906. The number of pyridine rings is 1. The van der Waals surface area contributed by atoms with Crippen LogP contribution < -0.4 is 10.6 Å². The summed E-state index contributed by atoms with van der Waals surface area (Å²) < 4.78 is 0. The Balaban J connectivity index is 1.64. The van der Waals surface area contributed by atoms with E-state index in [-0.39, 0.29) is 0 Å². The first-order chi connectivity index (χ1) is 11.9. The maximum atomic E-state index is 4.60. The molecule has 0 saturated carbocycles. The van der Waals surface area contributed by atoms with Crippen LogP contribution >= 0.6 is 0 Å². The van der Waals surface area contributed by atoms with Crippen molar-refractivity contribution < 1.29 is 0 Å². The minimum atomic E-state index is 0.823. The number of benzene rings is 1. The number of rotatable bonds is 4. The monoisotopic (exact) mass is 323 g/mol. The second kappa shape index (κ2) is 7.62. The fourth-order valence-electron chi connectivity index (χ4n) is 4.46. The average molecular weight is 323 g/mol. The van der Waals surface area contributed by atoms with Crippen LogP contribution in [0.25, 0.3) is 10.9 Å². The van der Waals surface area contributed by atoms with Gasteiger partial charge in [0.25, 0.3) is 0 Å². The van der Waals surface area contributed by atoms with Gasteiger partial charge in [0.15, 0.2) is 0 Å². The third kappa shape index (κ3) is 3.62. The number of hydrogen-bond donors (Lipinski definition) is 2. The third-order valence-electron chi connectivity index (χ3n) is 5.91. The molecule has 1 aromatic heterocycles. The van der Waals surface area contributed by atoms with Gasteiger partial charge in [-0.3, -0.25) is 4.98 Å². The summed E-state index contributed by atoms with van der Waals surface area (Å²) in [6.45, 7) is 4.72. The van der Waals surface area contributed by atoms with Crippen LogP contribution in [0.15, 0.2) is 30.5 Å². The minimum absolute atomic E-state index is 0.823. The highest BCUT2D eigenvalue weighted by Crippen LogP contribution is 2.30. The first-order valence-corrected chi connectivity index (χ1v) is 9.67. The summed E-state index contributed by atoms with van der Waals surface area (Å²) >= 11 is 0. The summed E-state index contributed by atoms with van der Waals surface area (Å²) in [5.74, 6) is 1.66. The zero-order chi connectivity index (χ0) is 16.2. The van der Waals surface area contributed by atoms with Crippen LogP contribution in [0.2, 0.25) is 0 Å². The molecule has 1 aromatic carbocycles. The number of aromatic nitrogens is 1. The lowest BCUT2D eigenvalue weighted by atomic mass is 9.83. The van der Waals surface area contributed by atoms with Crippen LogP contribution in [0.5, 0.6) is 0 Å². The molecule has 2 aliphatic heterocycles. The van der Waals surface area contributed by atoms with E-state index in [2.05, 4.69) is 39.9 Å². The van der Waals surface area contributed by atoms with E-state index in [1.54, 1.807) is 11.1 Å². The fraction of sp³-hybridized carbons (Fsp3) is 0.571. The number of nitrogens with zero attached hydrogens (tertiary/aromatic N) is 1. The molecule has 3 nitrogen and oxygen atoms in total. The van der Waals surface area contributed by atoms with Gasteiger partial charge in [-0.25, -0.2) is 0 Å². The Morgan fingerprint density at radius 1 is 0.833 bits per heavy atom. The average Bonchev–Trinajstić information content (AvgIpc) is 2.65. The molecule has 24 heavy (non-hydrogen) atoms. The molecular formula is C21H29N3. The molecule has 0 atom stereocenters. The highest BCUT2D eigenvalue weighted by Gasteiger charge is 2.20. The van der Waals surface area contributed by atoms with Crippen molar-refractivity contribution in [2.24, 2.45) is 11.8 Å². The molecule has 0 amide bonds. The maximum Gasteiger partial charge on any atom is 0.0704 e. The second-order valence-corrected chi connectivity index (χ2v) is 7.57. The number of hydrogen-bond acceptors (Lipinski definition) is 3. The molecule has 3 heteroatoms. The first kappa shape index (κ1) is 16.0. The Labute approximate surface area is 145 Å². The molecule has 3 heterocycles. The van der Waals surface area contributed by atoms with Gasteiger partial charge in [-0.15, -0.1) is 0 Å². The van der Waals surface area contributed by atoms with Gasteiger partial charge < -0.3 is 10.6 Å². The van der Waals surface area contributed by atoms with E-state index in [4.69, 9.17) is 0 Å². The van der Waals surface area contributed by atoms with Crippen molar-refractivity contribution in [3.8, 4) is 0 Å². The summed E-state index contributed by atoms with van der Waals surface area (Å²) in [6.07, 6.45) is 9.64. The molecule has 0 radical (unpaired) electrons. The van der Waals surface area contributed by atoms with Crippen molar-refractivity contribution in [3.05, 3.63) is 41.6 Å². The Kier molecular flexibility index (Phi) is 5.10. The topological polar surface area (TPSA) is 37.0 Å². The van der Waals surface area contributed by atoms with E-state index in [9.17, 15) is 0 Å². The van der Waals surface area contributed by atoms with Crippen molar-refractivity contribution >= 4 is 10.9 Å². The van der Waals surface area contributed by atoms with Crippen LogP contribution in [-0.2, 0) is 12.8 Å². The molecule has 2 N–H and O–H groups in total. The van der Waals surface area contributed by atoms with E-state index in [0.717, 1.165) is 17.4 Å². The third-order valence-corrected chi connectivity index (χ3v) is 5.91. The zero-order valence-corrected chi connectivity index (χ0v) is 14.6. The lowest BCUT2D eigenvalue weighted by Gasteiger charge is -2.27. The number of fused-ring (bicyclic) bond motifs is 1. The lowest BCUT2D eigenvalue weighted by Crippen LogP contribution is -2.30. The summed E-state index contributed by atoms with van der Waals surface area (Å²) in [5.41, 5.74) is 4.34. The van der Waals surface area contributed by atoms with Crippen molar-refractivity contribution in [1.29, 1.82) is 0 Å². The number of nitrogens with one attached hydrogen (secondary N) is 2. The molecule has 0 spiro atoms. The predicted octanol–water partition coefficient (Wildman–Crippen LogP) is 3.32. The van der Waals surface area contributed by atoms with Gasteiger partial charge in [-0.2, -0.15) is 0 Å². The fourth-order valence-corrected chi connectivity index (χ4v) is 4.46. The highest BCUT2D eigenvalue weighted by molar-refractivity contribution is 5.83. The molecule has 2 saturated heterocycles. The van der Waals surface area contributed by atoms with E-state index < -0.39 is 0 Å². The molecule has 2 fully saturated rings. The van der Waals surface area contributed by atoms with Gasteiger partial charge >= 0.3 is 0 Å². The molecule has 0 unspecified atom stereocenters. The second-order valence-electron chi connectivity index (χ2n) is 7.57. The van der Waals surface area contributed by atoms with Crippen LogP contribution in [0.4, 0.5) is 0 Å². The van der Waals surface area contributed by atoms with Gasteiger partial charge in [0.2, 0.25) is 0 Å². The molecule has 2 aromatic rings. The van der Waals surface area contributed by atoms with E-state index in [1.807, 2.05) is 6.20 Å². The maximum absolute atomic E-state index is 4.60. The first-order valence-electron chi connectivity index (χ1n) is 9.67. The van der Waals surface area contributed by atoms with Crippen LogP contribution in [0.1, 0.15) is 36.8 Å². The lowest BCUT2D eigenvalue weighted by molar-refractivity contribution is 0.363. The Hall–Kier alpha value is -1.45.